The molecule has 1 saturated heterocycles. The number of hydrogen-bond donors (Lipinski definition) is 1. The third kappa shape index (κ3) is 3.67. The van der Waals surface area contributed by atoms with E-state index in [2.05, 4.69) is 20.2 Å². The molecule has 0 atom stereocenters. The fraction of sp³-hybridized carbons (Fsp3) is 0.562. The van der Waals surface area contributed by atoms with Crippen molar-refractivity contribution in [3.05, 3.63) is 17.8 Å². The minimum absolute atomic E-state index is 0.114. The van der Waals surface area contributed by atoms with Gasteiger partial charge in [0.2, 0.25) is 5.91 Å². The van der Waals surface area contributed by atoms with Gasteiger partial charge in [-0.25, -0.2) is 9.97 Å². The van der Waals surface area contributed by atoms with Crippen molar-refractivity contribution in [2.45, 2.75) is 42.8 Å². The number of thioether (sulfide) groups is 1. The summed E-state index contributed by atoms with van der Waals surface area (Å²) in [5, 5.41) is 6.10. The first-order valence-electron chi connectivity index (χ1n) is 8.14. The Hall–Kier alpha value is -1.18. The number of likely N-dealkylation sites (tertiary alicyclic amines) is 1. The molecule has 0 aromatic carbocycles. The zero-order chi connectivity index (χ0) is 15.6. The van der Waals surface area contributed by atoms with Gasteiger partial charge in [0.15, 0.2) is 0 Å². The van der Waals surface area contributed by atoms with Gasteiger partial charge in [0, 0.05) is 25.2 Å². The maximum atomic E-state index is 12.2. The van der Waals surface area contributed by atoms with Crippen LogP contribution in [0.25, 0.3) is 10.2 Å². The van der Waals surface area contributed by atoms with Crippen LogP contribution in [0.2, 0.25) is 0 Å². The molecular formula is C16H20N4OS2. The van der Waals surface area contributed by atoms with Gasteiger partial charge in [-0.15, -0.1) is 11.3 Å². The molecule has 3 heterocycles. The number of rotatable bonds is 5. The third-order valence-electron chi connectivity index (χ3n) is 4.51. The Labute approximate surface area is 143 Å². The molecule has 0 radical (unpaired) electrons. The van der Waals surface area contributed by atoms with Crippen molar-refractivity contribution in [3.8, 4) is 0 Å². The van der Waals surface area contributed by atoms with Gasteiger partial charge in [-0.2, -0.15) is 0 Å². The molecule has 1 N–H and O–H groups in total. The van der Waals surface area contributed by atoms with Crippen LogP contribution in [0.3, 0.4) is 0 Å². The average molecular weight is 348 g/mol. The van der Waals surface area contributed by atoms with Crippen molar-refractivity contribution in [1.29, 1.82) is 0 Å². The lowest BCUT2D eigenvalue weighted by Crippen LogP contribution is -2.45. The van der Waals surface area contributed by atoms with Gasteiger partial charge >= 0.3 is 0 Å². The maximum absolute atomic E-state index is 12.2. The molecule has 23 heavy (non-hydrogen) atoms. The largest absolute Gasteiger partial charge is 0.353 e. The number of hydrogen-bond acceptors (Lipinski definition) is 6. The Kier molecular flexibility index (Phi) is 4.50. The summed E-state index contributed by atoms with van der Waals surface area (Å²) in [6, 6.07) is 3.16. The number of nitrogens with zero attached hydrogens (tertiary/aromatic N) is 3. The van der Waals surface area contributed by atoms with E-state index in [0.29, 0.717) is 11.8 Å². The van der Waals surface area contributed by atoms with Gasteiger partial charge in [0.1, 0.15) is 11.4 Å². The minimum atomic E-state index is 0.114. The zero-order valence-corrected chi connectivity index (χ0v) is 14.5. The molecule has 1 saturated carbocycles. The summed E-state index contributed by atoms with van der Waals surface area (Å²) in [5.41, 5.74) is 0.959. The van der Waals surface area contributed by atoms with E-state index in [-0.39, 0.29) is 5.91 Å². The van der Waals surface area contributed by atoms with Crippen molar-refractivity contribution in [2.24, 2.45) is 0 Å². The Morgan fingerprint density at radius 3 is 2.91 bits per heavy atom. The van der Waals surface area contributed by atoms with Crippen molar-refractivity contribution >= 4 is 39.2 Å². The van der Waals surface area contributed by atoms with Crippen molar-refractivity contribution in [3.63, 3.8) is 0 Å². The molecule has 5 nitrogen and oxygen atoms in total. The van der Waals surface area contributed by atoms with Gasteiger partial charge in [-0.05, 0) is 37.1 Å². The molecule has 0 spiro atoms. The van der Waals surface area contributed by atoms with Crippen LogP contribution in [0.1, 0.15) is 25.7 Å². The lowest BCUT2D eigenvalue weighted by atomic mass is 10.1. The van der Waals surface area contributed by atoms with E-state index in [1.807, 2.05) is 11.4 Å². The minimum Gasteiger partial charge on any atom is -0.353 e. The van der Waals surface area contributed by atoms with Gasteiger partial charge in [0.05, 0.1) is 16.0 Å². The molecule has 0 unspecified atom stereocenters. The normalized spacial score (nSPS) is 20.0. The van der Waals surface area contributed by atoms with Crippen molar-refractivity contribution in [2.75, 3.05) is 18.8 Å². The number of thiophene rings is 1. The highest BCUT2D eigenvalue weighted by Crippen LogP contribution is 2.30. The van der Waals surface area contributed by atoms with Gasteiger partial charge in [0.25, 0.3) is 0 Å². The summed E-state index contributed by atoms with van der Waals surface area (Å²) in [6.07, 6.45) is 6.46. The second kappa shape index (κ2) is 6.75. The molecule has 0 bridgehead atoms. The van der Waals surface area contributed by atoms with Crippen molar-refractivity contribution < 1.29 is 4.79 Å². The molecule has 1 aliphatic carbocycles. The summed E-state index contributed by atoms with van der Waals surface area (Å²) >= 11 is 3.13. The highest BCUT2D eigenvalue weighted by molar-refractivity contribution is 8.00. The number of amides is 1. The molecule has 7 heteroatoms. The highest BCUT2D eigenvalue weighted by atomic mass is 32.2. The second-order valence-electron chi connectivity index (χ2n) is 6.21. The van der Waals surface area contributed by atoms with E-state index in [1.54, 1.807) is 17.7 Å². The number of aromatic nitrogens is 2. The molecule has 2 fully saturated rings. The Morgan fingerprint density at radius 2 is 2.13 bits per heavy atom. The highest BCUT2D eigenvalue weighted by Gasteiger charge is 2.32. The summed E-state index contributed by atoms with van der Waals surface area (Å²) in [6.45, 7) is 2.26. The number of carbonyl (C=O) groups excluding carboxylic acids is 1. The van der Waals surface area contributed by atoms with Crippen LogP contribution in [-0.4, -0.2) is 51.7 Å². The molecule has 4 rings (SSSR count). The molecule has 1 aliphatic heterocycles. The fourth-order valence-electron chi connectivity index (χ4n) is 3.12. The predicted octanol–water partition coefficient (Wildman–Crippen LogP) is 2.53. The fourth-order valence-corrected chi connectivity index (χ4v) is 4.88. The van der Waals surface area contributed by atoms with E-state index in [4.69, 9.17) is 0 Å². The first-order chi connectivity index (χ1) is 11.3. The summed E-state index contributed by atoms with van der Waals surface area (Å²) in [5.74, 6) is 0.538. The summed E-state index contributed by atoms with van der Waals surface area (Å²) < 4.78 is 1.07. The smallest absolute Gasteiger partial charge is 0.230 e. The number of fused-ring (bicyclic) bond motifs is 1. The molecule has 122 valence electrons. The quantitative estimate of drug-likeness (QED) is 0.665. The SMILES string of the molecule is O=C(CSc1ncnc2ccsc12)NC1CCN(C2CC2)CC1. The van der Waals surface area contributed by atoms with Crippen molar-refractivity contribution in [1.82, 2.24) is 20.2 Å². The predicted molar refractivity (Wildman–Crippen MR) is 93.9 cm³/mol. The van der Waals surface area contributed by atoms with Crippen LogP contribution in [0, 0.1) is 0 Å². The van der Waals surface area contributed by atoms with Crippen LogP contribution in [-0.2, 0) is 4.79 Å². The van der Waals surface area contributed by atoms with Crippen LogP contribution >= 0.6 is 23.1 Å². The summed E-state index contributed by atoms with van der Waals surface area (Å²) in [7, 11) is 0. The Balaban J connectivity index is 1.26. The topological polar surface area (TPSA) is 58.1 Å². The van der Waals surface area contributed by atoms with E-state index in [1.165, 1.54) is 24.6 Å². The Morgan fingerprint density at radius 1 is 1.30 bits per heavy atom. The summed E-state index contributed by atoms with van der Waals surface area (Å²) in [4.78, 5) is 23.3. The van der Waals surface area contributed by atoms with Crippen LogP contribution < -0.4 is 5.32 Å². The number of piperidine rings is 1. The first kappa shape index (κ1) is 15.4. The number of nitrogens with one attached hydrogen (secondary N) is 1. The van der Waals surface area contributed by atoms with Gasteiger partial charge in [-0.3, -0.25) is 4.79 Å². The molecule has 1 amide bonds. The Bertz CT molecular complexity index is 692. The second-order valence-corrected chi connectivity index (χ2v) is 8.09. The van der Waals surface area contributed by atoms with Gasteiger partial charge in [-0.1, -0.05) is 11.8 Å². The van der Waals surface area contributed by atoms with E-state index < -0.39 is 0 Å². The lowest BCUT2D eigenvalue weighted by molar-refractivity contribution is -0.119. The maximum Gasteiger partial charge on any atom is 0.230 e. The van der Waals surface area contributed by atoms with E-state index in [9.17, 15) is 4.79 Å². The van der Waals surface area contributed by atoms with Crippen LogP contribution in [0.15, 0.2) is 22.8 Å². The average Bonchev–Trinajstić information content (AvgIpc) is 3.30. The van der Waals surface area contributed by atoms with Gasteiger partial charge < -0.3 is 10.2 Å². The zero-order valence-electron chi connectivity index (χ0n) is 12.9. The van der Waals surface area contributed by atoms with Crippen LogP contribution in [0.4, 0.5) is 0 Å². The lowest BCUT2D eigenvalue weighted by Gasteiger charge is -2.32. The molecule has 2 aromatic rings. The molecule has 2 aliphatic rings. The van der Waals surface area contributed by atoms with E-state index in [0.717, 1.165) is 47.2 Å². The van der Waals surface area contributed by atoms with E-state index >= 15 is 0 Å². The standard InChI is InChI=1S/C16H20N4OS2/c21-14(19-11-3-6-20(7-4-11)12-1-2-12)9-23-16-15-13(5-8-22-15)17-10-18-16/h5,8,10-12H,1-4,6-7,9H2,(H,19,21). The number of carbonyl (C=O) groups is 1. The monoisotopic (exact) mass is 348 g/mol. The molecule has 2 aromatic heterocycles. The first-order valence-corrected chi connectivity index (χ1v) is 10.0. The van der Waals surface area contributed by atoms with Crippen LogP contribution in [0.5, 0.6) is 0 Å². The molecular weight excluding hydrogens is 328 g/mol. The third-order valence-corrected chi connectivity index (χ3v) is 6.54.